The summed E-state index contributed by atoms with van der Waals surface area (Å²) < 4.78 is 5.52. The Morgan fingerprint density at radius 2 is 2.06 bits per heavy atom. The number of hydrogen-bond acceptors (Lipinski definition) is 3. The quantitative estimate of drug-likeness (QED) is 0.769. The van der Waals surface area contributed by atoms with Crippen molar-refractivity contribution >= 4 is 0 Å². The van der Waals surface area contributed by atoms with E-state index in [4.69, 9.17) is 4.42 Å². The van der Waals surface area contributed by atoms with Gasteiger partial charge < -0.3 is 14.6 Å². The Labute approximate surface area is 112 Å². The third-order valence-electron chi connectivity index (χ3n) is 3.07. The van der Waals surface area contributed by atoms with Gasteiger partial charge in [-0.05, 0) is 45.0 Å². The topological polar surface area (TPSA) is 28.4 Å². The first-order chi connectivity index (χ1) is 8.52. The summed E-state index contributed by atoms with van der Waals surface area (Å²) in [7, 11) is 4.26. The number of nitrogens with zero attached hydrogens (tertiary/aromatic N) is 1. The second-order valence-corrected chi connectivity index (χ2v) is 5.73. The molecule has 0 fully saturated rings. The first-order valence-corrected chi connectivity index (χ1v) is 6.97. The van der Waals surface area contributed by atoms with Gasteiger partial charge in [0.15, 0.2) is 0 Å². The molecule has 18 heavy (non-hydrogen) atoms. The molecule has 2 unspecified atom stereocenters. The molecule has 0 aliphatic carbocycles. The van der Waals surface area contributed by atoms with Gasteiger partial charge in [-0.15, -0.1) is 0 Å². The summed E-state index contributed by atoms with van der Waals surface area (Å²) >= 11 is 0. The Balaban J connectivity index is 2.62. The molecule has 0 aliphatic rings. The van der Waals surface area contributed by atoms with Gasteiger partial charge in [0.05, 0.1) is 12.3 Å². The predicted molar refractivity (Wildman–Crippen MR) is 76.7 cm³/mol. The van der Waals surface area contributed by atoms with Gasteiger partial charge in [-0.1, -0.05) is 20.8 Å². The molecule has 1 N–H and O–H groups in total. The van der Waals surface area contributed by atoms with Crippen molar-refractivity contribution in [1.29, 1.82) is 0 Å². The molecule has 0 saturated heterocycles. The highest BCUT2D eigenvalue weighted by Crippen LogP contribution is 2.19. The van der Waals surface area contributed by atoms with Crippen LogP contribution in [0, 0.1) is 5.92 Å². The van der Waals surface area contributed by atoms with E-state index in [0.29, 0.717) is 18.0 Å². The summed E-state index contributed by atoms with van der Waals surface area (Å²) in [5.41, 5.74) is 0. The maximum absolute atomic E-state index is 5.52. The molecule has 3 nitrogen and oxygen atoms in total. The third kappa shape index (κ3) is 5.23. The highest BCUT2D eigenvalue weighted by Gasteiger charge is 2.19. The van der Waals surface area contributed by atoms with Crippen molar-refractivity contribution in [3.05, 3.63) is 24.2 Å². The van der Waals surface area contributed by atoms with Crippen LogP contribution in [0.5, 0.6) is 0 Å². The van der Waals surface area contributed by atoms with Gasteiger partial charge in [0.2, 0.25) is 0 Å². The molecule has 3 heteroatoms. The van der Waals surface area contributed by atoms with Crippen molar-refractivity contribution < 1.29 is 4.42 Å². The van der Waals surface area contributed by atoms with E-state index in [1.165, 1.54) is 6.42 Å². The first kappa shape index (κ1) is 15.3. The Bertz CT molecular complexity index is 296. The van der Waals surface area contributed by atoms with E-state index in [2.05, 4.69) is 51.1 Å². The van der Waals surface area contributed by atoms with Crippen LogP contribution >= 0.6 is 0 Å². The van der Waals surface area contributed by atoms with Gasteiger partial charge in [-0.3, -0.25) is 0 Å². The zero-order chi connectivity index (χ0) is 13.5. The summed E-state index contributed by atoms with van der Waals surface area (Å²) in [5, 5.41) is 3.73. The highest BCUT2D eigenvalue weighted by atomic mass is 16.3. The Morgan fingerprint density at radius 1 is 1.33 bits per heavy atom. The molecule has 0 aromatic carbocycles. The lowest BCUT2D eigenvalue weighted by Crippen LogP contribution is -2.41. The van der Waals surface area contributed by atoms with E-state index in [0.717, 1.165) is 18.7 Å². The van der Waals surface area contributed by atoms with E-state index in [1.54, 1.807) is 6.26 Å². The molecule has 0 bridgehead atoms. The molecule has 0 amide bonds. The van der Waals surface area contributed by atoms with E-state index >= 15 is 0 Å². The minimum Gasteiger partial charge on any atom is -0.468 e. The van der Waals surface area contributed by atoms with Crippen molar-refractivity contribution in [2.45, 2.75) is 45.7 Å². The number of likely N-dealkylation sites (N-methyl/N-ethyl adjacent to an activating group) is 1. The van der Waals surface area contributed by atoms with Crippen LogP contribution in [0.4, 0.5) is 0 Å². The van der Waals surface area contributed by atoms with Gasteiger partial charge in [-0.25, -0.2) is 0 Å². The highest BCUT2D eigenvalue weighted by molar-refractivity contribution is 5.04. The van der Waals surface area contributed by atoms with Crippen molar-refractivity contribution in [3.63, 3.8) is 0 Å². The van der Waals surface area contributed by atoms with Gasteiger partial charge in [-0.2, -0.15) is 0 Å². The molecule has 0 saturated carbocycles. The number of rotatable bonds is 8. The zero-order valence-electron chi connectivity index (χ0n) is 12.4. The standard InChI is InChI=1S/C15H28N2O/c1-6-14(15-8-7-9-18-15)16-13(10-12(2)3)11-17(4)5/h7-9,12-14,16H,6,10-11H2,1-5H3. The summed E-state index contributed by atoms with van der Waals surface area (Å²) in [6.07, 6.45) is 3.99. The maximum atomic E-state index is 5.52. The van der Waals surface area contributed by atoms with Gasteiger partial charge in [0.1, 0.15) is 5.76 Å². The summed E-state index contributed by atoms with van der Waals surface area (Å²) in [4.78, 5) is 2.24. The molecular weight excluding hydrogens is 224 g/mol. The lowest BCUT2D eigenvalue weighted by Gasteiger charge is -2.27. The van der Waals surface area contributed by atoms with Gasteiger partial charge >= 0.3 is 0 Å². The zero-order valence-corrected chi connectivity index (χ0v) is 12.4. The fourth-order valence-electron chi connectivity index (χ4n) is 2.38. The van der Waals surface area contributed by atoms with Crippen molar-refractivity contribution in [2.75, 3.05) is 20.6 Å². The third-order valence-corrected chi connectivity index (χ3v) is 3.07. The van der Waals surface area contributed by atoms with Crippen molar-refractivity contribution in [2.24, 2.45) is 5.92 Å². The molecule has 1 aromatic rings. The predicted octanol–water partition coefficient (Wildman–Crippen LogP) is 3.30. The van der Waals surface area contributed by atoms with E-state index in [9.17, 15) is 0 Å². The number of furan rings is 1. The first-order valence-electron chi connectivity index (χ1n) is 6.97. The molecule has 104 valence electrons. The molecule has 0 aliphatic heterocycles. The van der Waals surface area contributed by atoms with Crippen LogP contribution in [0.3, 0.4) is 0 Å². The molecule has 2 atom stereocenters. The smallest absolute Gasteiger partial charge is 0.120 e. The summed E-state index contributed by atoms with van der Waals surface area (Å²) in [6, 6.07) is 4.85. The molecular formula is C15H28N2O. The normalized spacial score (nSPS) is 15.3. The van der Waals surface area contributed by atoms with Crippen LogP contribution in [-0.2, 0) is 0 Å². The SMILES string of the molecule is CCC(NC(CC(C)C)CN(C)C)c1ccco1. The Kier molecular flexibility index (Phi) is 6.44. The average Bonchev–Trinajstić information content (AvgIpc) is 2.77. The second-order valence-electron chi connectivity index (χ2n) is 5.73. The van der Waals surface area contributed by atoms with Crippen LogP contribution in [0.1, 0.15) is 45.4 Å². The lowest BCUT2D eigenvalue weighted by molar-refractivity contribution is 0.270. The summed E-state index contributed by atoms with van der Waals surface area (Å²) in [6.45, 7) is 7.81. The molecule has 1 rings (SSSR count). The molecule has 1 heterocycles. The van der Waals surface area contributed by atoms with Crippen LogP contribution in [0.25, 0.3) is 0 Å². The molecule has 1 aromatic heterocycles. The second kappa shape index (κ2) is 7.59. The van der Waals surface area contributed by atoms with Crippen LogP contribution in [0.2, 0.25) is 0 Å². The van der Waals surface area contributed by atoms with E-state index in [1.807, 2.05) is 6.07 Å². The Hall–Kier alpha value is -0.800. The Morgan fingerprint density at radius 3 is 2.50 bits per heavy atom. The monoisotopic (exact) mass is 252 g/mol. The van der Waals surface area contributed by atoms with Crippen LogP contribution in [-0.4, -0.2) is 31.6 Å². The fraction of sp³-hybridized carbons (Fsp3) is 0.733. The number of nitrogens with one attached hydrogen (secondary N) is 1. The molecule has 0 radical (unpaired) electrons. The van der Waals surface area contributed by atoms with Gasteiger partial charge in [0, 0.05) is 12.6 Å². The maximum Gasteiger partial charge on any atom is 0.120 e. The summed E-state index contributed by atoms with van der Waals surface area (Å²) in [5.74, 6) is 1.75. The minimum absolute atomic E-state index is 0.323. The average molecular weight is 252 g/mol. The molecule has 0 spiro atoms. The number of hydrogen-bond donors (Lipinski definition) is 1. The minimum atomic E-state index is 0.323. The van der Waals surface area contributed by atoms with E-state index < -0.39 is 0 Å². The van der Waals surface area contributed by atoms with Crippen molar-refractivity contribution in [3.8, 4) is 0 Å². The van der Waals surface area contributed by atoms with Crippen LogP contribution < -0.4 is 5.32 Å². The van der Waals surface area contributed by atoms with Crippen LogP contribution in [0.15, 0.2) is 22.8 Å². The fourth-order valence-corrected chi connectivity index (χ4v) is 2.38. The van der Waals surface area contributed by atoms with E-state index in [-0.39, 0.29) is 0 Å². The van der Waals surface area contributed by atoms with Crippen molar-refractivity contribution in [1.82, 2.24) is 10.2 Å². The lowest BCUT2D eigenvalue weighted by atomic mass is 10.0. The largest absolute Gasteiger partial charge is 0.468 e. The van der Waals surface area contributed by atoms with Gasteiger partial charge in [0.25, 0.3) is 0 Å².